The fourth-order valence-corrected chi connectivity index (χ4v) is 3.95. The Balaban J connectivity index is 2.01. The summed E-state index contributed by atoms with van der Waals surface area (Å²) in [6, 6.07) is 9.99. The lowest BCUT2D eigenvalue weighted by Gasteiger charge is -2.36. The molecule has 2 nitrogen and oxygen atoms in total. The summed E-state index contributed by atoms with van der Waals surface area (Å²) in [7, 11) is 0. The smallest absolute Gasteiger partial charge is 0.0175 e. The Bertz CT molecular complexity index is 404. The van der Waals surface area contributed by atoms with E-state index < -0.39 is 0 Å². The first-order chi connectivity index (χ1) is 9.65. The SMILES string of the molecule is CCN(C(C)Cc1ccc(Br)cc1)C1CCCC1CN. The third kappa shape index (κ3) is 3.84. The highest BCUT2D eigenvalue weighted by Crippen LogP contribution is 2.31. The van der Waals surface area contributed by atoms with Gasteiger partial charge in [-0.2, -0.15) is 0 Å². The molecule has 2 N–H and O–H groups in total. The van der Waals surface area contributed by atoms with E-state index in [0.717, 1.165) is 24.0 Å². The van der Waals surface area contributed by atoms with Crippen LogP contribution in [0.4, 0.5) is 0 Å². The highest BCUT2D eigenvalue weighted by atomic mass is 79.9. The zero-order chi connectivity index (χ0) is 14.5. The van der Waals surface area contributed by atoms with Crippen molar-refractivity contribution in [2.45, 2.75) is 51.6 Å². The van der Waals surface area contributed by atoms with Crippen LogP contribution in [0, 0.1) is 5.92 Å². The van der Waals surface area contributed by atoms with E-state index in [1.165, 1.54) is 24.8 Å². The lowest BCUT2D eigenvalue weighted by molar-refractivity contribution is 0.123. The van der Waals surface area contributed by atoms with E-state index >= 15 is 0 Å². The molecule has 0 aliphatic heterocycles. The maximum absolute atomic E-state index is 5.95. The number of likely N-dealkylation sites (N-methyl/N-ethyl adjacent to an activating group) is 1. The first-order valence-corrected chi connectivity index (χ1v) is 8.65. The molecule has 112 valence electrons. The predicted octanol–water partition coefficient (Wildman–Crippen LogP) is 3.83. The average Bonchev–Trinajstić information content (AvgIpc) is 2.90. The predicted molar refractivity (Wildman–Crippen MR) is 89.9 cm³/mol. The minimum atomic E-state index is 0.582. The van der Waals surface area contributed by atoms with Crippen LogP contribution < -0.4 is 5.73 Å². The van der Waals surface area contributed by atoms with Crippen LogP contribution in [-0.4, -0.2) is 30.1 Å². The van der Waals surface area contributed by atoms with Gasteiger partial charge in [0.05, 0.1) is 0 Å². The van der Waals surface area contributed by atoms with Crippen LogP contribution >= 0.6 is 15.9 Å². The third-order valence-electron chi connectivity index (χ3n) is 4.72. The van der Waals surface area contributed by atoms with E-state index in [4.69, 9.17) is 5.73 Å². The monoisotopic (exact) mass is 338 g/mol. The van der Waals surface area contributed by atoms with Crippen LogP contribution in [0.2, 0.25) is 0 Å². The molecule has 20 heavy (non-hydrogen) atoms. The molecule has 3 unspecified atom stereocenters. The Morgan fingerprint density at radius 3 is 2.60 bits per heavy atom. The molecule has 0 amide bonds. The highest BCUT2D eigenvalue weighted by molar-refractivity contribution is 9.10. The first kappa shape index (κ1) is 16.0. The minimum Gasteiger partial charge on any atom is -0.330 e. The summed E-state index contributed by atoms with van der Waals surface area (Å²) in [6.07, 6.45) is 5.09. The van der Waals surface area contributed by atoms with Gasteiger partial charge in [0.25, 0.3) is 0 Å². The number of benzene rings is 1. The van der Waals surface area contributed by atoms with Crippen LogP contribution in [0.5, 0.6) is 0 Å². The summed E-state index contributed by atoms with van der Waals surface area (Å²) in [5.74, 6) is 0.697. The fraction of sp³-hybridized carbons (Fsp3) is 0.647. The zero-order valence-electron chi connectivity index (χ0n) is 12.7. The van der Waals surface area contributed by atoms with Crippen LogP contribution in [-0.2, 0) is 6.42 Å². The number of hydrogen-bond donors (Lipinski definition) is 1. The zero-order valence-corrected chi connectivity index (χ0v) is 14.3. The van der Waals surface area contributed by atoms with E-state index in [9.17, 15) is 0 Å². The lowest BCUT2D eigenvalue weighted by atomic mass is 9.98. The van der Waals surface area contributed by atoms with Crippen LogP contribution in [0.3, 0.4) is 0 Å². The van der Waals surface area contributed by atoms with Gasteiger partial charge >= 0.3 is 0 Å². The number of hydrogen-bond acceptors (Lipinski definition) is 2. The van der Waals surface area contributed by atoms with Gasteiger partial charge in [0.1, 0.15) is 0 Å². The summed E-state index contributed by atoms with van der Waals surface area (Å²) < 4.78 is 1.15. The topological polar surface area (TPSA) is 29.3 Å². The third-order valence-corrected chi connectivity index (χ3v) is 5.25. The van der Waals surface area contributed by atoms with Gasteiger partial charge in [-0.3, -0.25) is 4.90 Å². The summed E-state index contributed by atoms with van der Waals surface area (Å²) in [6.45, 7) is 6.60. The molecular weight excluding hydrogens is 312 g/mol. The van der Waals surface area contributed by atoms with Crippen LogP contribution in [0.1, 0.15) is 38.7 Å². The molecule has 1 aromatic rings. The molecule has 0 heterocycles. The van der Waals surface area contributed by atoms with Crippen molar-refractivity contribution in [1.82, 2.24) is 4.90 Å². The first-order valence-electron chi connectivity index (χ1n) is 7.86. The summed E-state index contributed by atoms with van der Waals surface area (Å²) in [5, 5.41) is 0. The van der Waals surface area contributed by atoms with Crippen molar-refractivity contribution >= 4 is 15.9 Å². The molecule has 0 aromatic heterocycles. The molecule has 3 atom stereocenters. The molecule has 1 fully saturated rings. The van der Waals surface area contributed by atoms with Gasteiger partial charge in [-0.1, -0.05) is 41.4 Å². The van der Waals surface area contributed by atoms with Gasteiger partial charge in [0, 0.05) is 16.6 Å². The molecule has 1 aromatic carbocycles. The highest BCUT2D eigenvalue weighted by Gasteiger charge is 2.32. The second-order valence-corrected chi connectivity index (χ2v) is 6.92. The van der Waals surface area contributed by atoms with Crippen molar-refractivity contribution in [3.63, 3.8) is 0 Å². The average molecular weight is 339 g/mol. The standard InChI is InChI=1S/C17H27BrN2/c1-3-20(17-6-4-5-15(17)12-19)13(2)11-14-7-9-16(18)10-8-14/h7-10,13,15,17H,3-6,11-12,19H2,1-2H3. The van der Waals surface area contributed by atoms with Crippen molar-refractivity contribution < 1.29 is 0 Å². The van der Waals surface area contributed by atoms with Gasteiger partial charge in [-0.15, -0.1) is 0 Å². The summed E-state index contributed by atoms with van der Waals surface area (Å²) in [5.41, 5.74) is 7.37. The van der Waals surface area contributed by atoms with E-state index in [-0.39, 0.29) is 0 Å². The van der Waals surface area contributed by atoms with E-state index in [2.05, 4.69) is 58.9 Å². The molecule has 0 bridgehead atoms. The number of nitrogens with zero attached hydrogens (tertiary/aromatic N) is 1. The number of nitrogens with two attached hydrogens (primary N) is 1. The fourth-order valence-electron chi connectivity index (χ4n) is 3.68. The second-order valence-electron chi connectivity index (χ2n) is 6.00. The summed E-state index contributed by atoms with van der Waals surface area (Å²) >= 11 is 3.50. The maximum atomic E-state index is 5.95. The Labute approximate surface area is 131 Å². The van der Waals surface area contributed by atoms with Gasteiger partial charge in [0.15, 0.2) is 0 Å². The van der Waals surface area contributed by atoms with Crippen molar-refractivity contribution in [2.24, 2.45) is 11.7 Å². The van der Waals surface area contributed by atoms with E-state index in [1.807, 2.05) is 0 Å². The quantitative estimate of drug-likeness (QED) is 0.853. The maximum Gasteiger partial charge on any atom is 0.0175 e. The molecule has 1 aliphatic rings. The Kier molecular flexibility index (Phi) is 6.06. The van der Waals surface area contributed by atoms with Crippen LogP contribution in [0.25, 0.3) is 0 Å². The van der Waals surface area contributed by atoms with Gasteiger partial charge in [0.2, 0.25) is 0 Å². The Morgan fingerprint density at radius 2 is 2.00 bits per heavy atom. The Hall–Kier alpha value is -0.380. The van der Waals surface area contributed by atoms with Crippen molar-refractivity contribution in [2.75, 3.05) is 13.1 Å². The molecule has 0 radical (unpaired) electrons. The van der Waals surface area contributed by atoms with Gasteiger partial charge in [-0.05, 0) is 62.9 Å². The normalized spacial score (nSPS) is 24.2. The molecule has 0 spiro atoms. The molecule has 3 heteroatoms. The molecule has 0 saturated heterocycles. The van der Waals surface area contributed by atoms with Gasteiger partial charge < -0.3 is 5.73 Å². The van der Waals surface area contributed by atoms with Gasteiger partial charge in [-0.25, -0.2) is 0 Å². The second kappa shape index (κ2) is 7.58. The molecule has 2 rings (SSSR count). The van der Waals surface area contributed by atoms with Crippen molar-refractivity contribution in [3.05, 3.63) is 34.3 Å². The molecule has 1 aliphatic carbocycles. The number of halogens is 1. The van der Waals surface area contributed by atoms with E-state index in [1.54, 1.807) is 0 Å². The summed E-state index contributed by atoms with van der Waals surface area (Å²) in [4.78, 5) is 2.67. The minimum absolute atomic E-state index is 0.582. The number of rotatable bonds is 6. The van der Waals surface area contributed by atoms with Crippen LogP contribution in [0.15, 0.2) is 28.7 Å². The molecule has 1 saturated carbocycles. The van der Waals surface area contributed by atoms with Crippen molar-refractivity contribution in [1.29, 1.82) is 0 Å². The largest absolute Gasteiger partial charge is 0.330 e. The lowest BCUT2D eigenvalue weighted by Crippen LogP contribution is -2.46. The molecular formula is C17H27BrN2. The van der Waals surface area contributed by atoms with Crippen molar-refractivity contribution in [3.8, 4) is 0 Å². The Morgan fingerprint density at radius 1 is 1.30 bits per heavy atom. The van der Waals surface area contributed by atoms with E-state index in [0.29, 0.717) is 18.0 Å².